The highest BCUT2D eigenvalue weighted by molar-refractivity contribution is 5.97. The van der Waals surface area contributed by atoms with Crippen LogP contribution >= 0.6 is 0 Å². The fraction of sp³-hybridized carbons (Fsp3) is 0.429. The molecule has 1 aromatic carbocycles. The lowest BCUT2D eigenvalue weighted by Crippen LogP contribution is -2.42. The third-order valence-corrected chi connectivity index (χ3v) is 6.90. The molecule has 2 N–H and O–H groups in total. The van der Waals surface area contributed by atoms with Gasteiger partial charge in [-0.1, -0.05) is 44.2 Å². The Morgan fingerprint density at radius 2 is 1.97 bits per heavy atom. The van der Waals surface area contributed by atoms with Crippen LogP contribution in [0.1, 0.15) is 59.9 Å². The number of nitrogens with one attached hydrogen (secondary N) is 1. The number of rotatable bonds is 7. The summed E-state index contributed by atoms with van der Waals surface area (Å²) in [5.41, 5.74) is 1.48. The summed E-state index contributed by atoms with van der Waals surface area (Å²) in [6.07, 6.45) is 4.82. The van der Waals surface area contributed by atoms with Crippen LogP contribution in [0.3, 0.4) is 0 Å². The number of benzene rings is 1. The maximum Gasteiger partial charge on any atom is 0.270 e. The minimum atomic E-state index is -0.603. The van der Waals surface area contributed by atoms with E-state index in [2.05, 4.69) is 10.4 Å². The highest BCUT2D eigenvalue weighted by Gasteiger charge is 2.31. The lowest BCUT2D eigenvalue weighted by atomic mass is 10.0. The van der Waals surface area contributed by atoms with Gasteiger partial charge in [-0.3, -0.25) is 19.0 Å². The molecule has 1 saturated heterocycles. The normalized spacial score (nSPS) is 18.0. The molecule has 0 bridgehead atoms. The maximum atomic E-state index is 13.5. The second-order valence-electron chi connectivity index (χ2n) is 10.4. The predicted molar refractivity (Wildman–Crippen MR) is 142 cm³/mol. The number of nitrogens with zero attached hydrogens (tertiary/aromatic N) is 4. The van der Waals surface area contributed by atoms with Crippen LogP contribution in [0, 0.1) is 12.8 Å². The van der Waals surface area contributed by atoms with Gasteiger partial charge in [0.2, 0.25) is 11.8 Å². The molecule has 1 saturated carbocycles. The first-order chi connectivity index (χ1) is 18.3. The van der Waals surface area contributed by atoms with Crippen LogP contribution in [-0.2, 0) is 16.1 Å². The summed E-state index contributed by atoms with van der Waals surface area (Å²) < 4.78 is 8.35. The quantitative estimate of drug-likeness (QED) is 0.464. The van der Waals surface area contributed by atoms with Gasteiger partial charge in [0.25, 0.3) is 11.5 Å². The summed E-state index contributed by atoms with van der Waals surface area (Å²) in [6, 6.07) is 9.57. The molecule has 2 aliphatic rings. The van der Waals surface area contributed by atoms with E-state index in [4.69, 9.17) is 4.74 Å². The van der Waals surface area contributed by atoms with Gasteiger partial charge in [0.15, 0.2) is 5.56 Å². The van der Waals surface area contributed by atoms with Crippen molar-refractivity contribution < 1.29 is 19.4 Å². The van der Waals surface area contributed by atoms with Crippen LogP contribution in [0.15, 0.2) is 41.2 Å². The lowest BCUT2D eigenvalue weighted by molar-refractivity contribution is -0.134. The number of aromatic nitrogens is 3. The minimum Gasteiger partial charge on any atom is -0.492 e. The molecule has 5 rings (SSSR count). The van der Waals surface area contributed by atoms with Crippen molar-refractivity contribution in [1.82, 2.24) is 24.4 Å². The number of ether oxygens (including phenoxy) is 1. The topological polar surface area (TPSA) is 118 Å². The second-order valence-corrected chi connectivity index (χ2v) is 10.4. The van der Waals surface area contributed by atoms with Crippen molar-refractivity contribution >= 4 is 23.5 Å². The van der Waals surface area contributed by atoms with Gasteiger partial charge in [0.05, 0.1) is 24.9 Å². The van der Waals surface area contributed by atoms with Crippen molar-refractivity contribution in [2.24, 2.45) is 5.92 Å². The summed E-state index contributed by atoms with van der Waals surface area (Å²) in [7, 11) is 0. The number of carbonyl (C=O) groups excluding carboxylic acids is 2. The Balaban J connectivity index is 1.54. The van der Waals surface area contributed by atoms with E-state index in [1.165, 1.54) is 15.2 Å². The molecule has 0 unspecified atom stereocenters. The van der Waals surface area contributed by atoms with Crippen molar-refractivity contribution in [3.8, 4) is 5.88 Å². The fourth-order valence-electron chi connectivity index (χ4n) is 4.85. The molecule has 10 heteroatoms. The van der Waals surface area contributed by atoms with Crippen LogP contribution in [0.25, 0.3) is 11.7 Å². The zero-order valence-corrected chi connectivity index (χ0v) is 21.9. The minimum absolute atomic E-state index is 0.0271. The van der Waals surface area contributed by atoms with Gasteiger partial charge in [-0.2, -0.15) is 9.61 Å². The van der Waals surface area contributed by atoms with E-state index in [1.807, 2.05) is 44.2 Å². The van der Waals surface area contributed by atoms with E-state index < -0.39 is 17.3 Å². The van der Waals surface area contributed by atoms with Crippen LogP contribution in [0.2, 0.25) is 0 Å². The van der Waals surface area contributed by atoms with E-state index in [1.54, 1.807) is 17.9 Å². The Labute approximate surface area is 220 Å². The van der Waals surface area contributed by atoms with Gasteiger partial charge in [0.1, 0.15) is 5.65 Å². The first-order valence-corrected chi connectivity index (χ1v) is 13.0. The average molecular weight is 520 g/mol. The molecule has 1 aliphatic carbocycles. The standard InChI is InChI=1S/C28H33N5O5/c1-17(2)15-32-26-21(11-12-23(34)31-13-14-38-16-22(31)19-7-5-4-6-8-19)18(3)30-33(26)28(37)24(27(32)36)25(35)29-20-9-10-20/h4-8,11-12,17,20,22,37H,9-10,13-16H2,1-3H3,(H,29,35)/b12-11+/t22-/m0/s1. The van der Waals surface area contributed by atoms with Crippen LogP contribution < -0.4 is 10.9 Å². The molecule has 10 nitrogen and oxygen atoms in total. The van der Waals surface area contributed by atoms with E-state index in [-0.39, 0.29) is 29.5 Å². The first-order valence-electron chi connectivity index (χ1n) is 13.0. The third-order valence-electron chi connectivity index (χ3n) is 6.90. The average Bonchev–Trinajstić information content (AvgIpc) is 3.65. The monoisotopic (exact) mass is 519 g/mol. The number of hydrogen-bond acceptors (Lipinski definition) is 6. The molecular weight excluding hydrogens is 486 g/mol. The highest BCUT2D eigenvalue weighted by atomic mass is 16.5. The lowest BCUT2D eigenvalue weighted by Gasteiger charge is -2.35. The molecule has 200 valence electrons. The Morgan fingerprint density at radius 1 is 1.24 bits per heavy atom. The Kier molecular flexibility index (Phi) is 7.07. The molecule has 3 aromatic rings. The fourth-order valence-corrected chi connectivity index (χ4v) is 4.85. The molecule has 38 heavy (non-hydrogen) atoms. The van der Waals surface area contributed by atoms with Crippen molar-refractivity contribution in [1.29, 1.82) is 0 Å². The molecule has 2 amide bonds. The Hall–Kier alpha value is -3.92. The summed E-state index contributed by atoms with van der Waals surface area (Å²) in [5, 5.41) is 18.2. The number of carbonyl (C=O) groups is 2. The van der Waals surface area contributed by atoms with E-state index in [9.17, 15) is 19.5 Å². The van der Waals surface area contributed by atoms with Crippen molar-refractivity contribution in [2.75, 3.05) is 19.8 Å². The largest absolute Gasteiger partial charge is 0.492 e. The number of morpholine rings is 1. The predicted octanol–water partition coefficient (Wildman–Crippen LogP) is 2.67. The molecule has 0 radical (unpaired) electrons. The third kappa shape index (κ3) is 4.96. The van der Waals surface area contributed by atoms with Gasteiger partial charge in [-0.15, -0.1) is 0 Å². The number of hydrogen-bond donors (Lipinski definition) is 2. The Bertz CT molecular complexity index is 1450. The summed E-state index contributed by atoms with van der Waals surface area (Å²) in [5.74, 6) is -1.22. The first kappa shape index (κ1) is 25.7. The zero-order valence-electron chi connectivity index (χ0n) is 21.9. The molecule has 2 aromatic heterocycles. The SMILES string of the molecule is Cc1nn2c(O)c(C(=O)NC3CC3)c(=O)n(CC(C)C)c2c1/C=C/C(=O)N1CCOC[C@H]1c1ccccc1. The molecule has 1 atom stereocenters. The van der Waals surface area contributed by atoms with Gasteiger partial charge >= 0.3 is 0 Å². The second kappa shape index (κ2) is 10.4. The van der Waals surface area contributed by atoms with Crippen LogP contribution in [-0.4, -0.2) is 61.8 Å². The van der Waals surface area contributed by atoms with E-state index >= 15 is 0 Å². The van der Waals surface area contributed by atoms with E-state index in [0.717, 1.165) is 18.4 Å². The molecule has 0 spiro atoms. The van der Waals surface area contributed by atoms with Crippen molar-refractivity contribution in [2.45, 2.75) is 52.2 Å². The van der Waals surface area contributed by atoms with Crippen LogP contribution in [0.5, 0.6) is 5.88 Å². The Morgan fingerprint density at radius 3 is 2.66 bits per heavy atom. The smallest absolute Gasteiger partial charge is 0.270 e. The zero-order chi connectivity index (χ0) is 27.0. The summed E-state index contributed by atoms with van der Waals surface area (Å²) >= 11 is 0. The van der Waals surface area contributed by atoms with Crippen molar-refractivity contribution in [3.63, 3.8) is 0 Å². The highest BCUT2D eigenvalue weighted by Crippen LogP contribution is 2.27. The van der Waals surface area contributed by atoms with Crippen molar-refractivity contribution in [3.05, 3.63) is 69.1 Å². The summed E-state index contributed by atoms with van der Waals surface area (Å²) in [4.78, 5) is 41.5. The molecule has 2 fully saturated rings. The molecule has 1 aliphatic heterocycles. The van der Waals surface area contributed by atoms with E-state index in [0.29, 0.717) is 43.2 Å². The summed E-state index contributed by atoms with van der Waals surface area (Å²) in [6.45, 7) is 7.29. The molecule has 3 heterocycles. The number of aromatic hydroxyl groups is 1. The van der Waals surface area contributed by atoms with Gasteiger partial charge in [-0.25, -0.2) is 0 Å². The van der Waals surface area contributed by atoms with Gasteiger partial charge < -0.3 is 20.1 Å². The number of aryl methyl sites for hydroxylation is 1. The molecular formula is C28H33N5O5. The van der Waals surface area contributed by atoms with Gasteiger partial charge in [-0.05, 0) is 37.3 Å². The maximum absolute atomic E-state index is 13.5. The van der Waals surface area contributed by atoms with Crippen LogP contribution in [0.4, 0.5) is 0 Å². The van der Waals surface area contributed by atoms with Gasteiger partial charge in [0, 0.05) is 30.8 Å². The number of fused-ring (bicyclic) bond motifs is 1. The number of amides is 2.